The van der Waals surface area contributed by atoms with Crippen LogP contribution in [0.5, 0.6) is 0 Å². The summed E-state index contributed by atoms with van der Waals surface area (Å²) < 4.78 is 27.9. The molecule has 1 aromatic carbocycles. The lowest BCUT2D eigenvalue weighted by Gasteiger charge is -2.46. The van der Waals surface area contributed by atoms with Gasteiger partial charge in [-0.1, -0.05) is 13.8 Å². The highest BCUT2D eigenvalue weighted by molar-refractivity contribution is 7.89. The minimum atomic E-state index is -3.49. The number of nitrogens with zero attached hydrogens (tertiary/aromatic N) is 4. The second kappa shape index (κ2) is 9.32. The molecule has 1 aliphatic rings. The molecule has 36 heavy (non-hydrogen) atoms. The van der Waals surface area contributed by atoms with Crippen molar-refractivity contribution in [3.63, 3.8) is 0 Å². The van der Waals surface area contributed by atoms with Gasteiger partial charge in [0, 0.05) is 48.5 Å². The molecule has 4 rings (SSSR count). The molecule has 1 saturated heterocycles. The van der Waals surface area contributed by atoms with Crippen molar-refractivity contribution in [3.8, 4) is 0 Å². The molecule has 2 aromatic heterocycles. The van der Waals surface area contributed by atoms with Gasteiger partial charge in [0.15, 0.2) is 5.65 Å². The van der Waals surface area contributed by atoms with Crippen LogP contribution in [0.4, 0.5) is 17.3 Å². The minimum absolute atomic E-state index is 0.0128. The van der Waals surface area contributed by atoms with Crippen LogP contribution in [0.25, 0.3) is 5.65 Å². The number of aromatic nitrogens is 3. The molecular weight excluding hydrogens is 474 g/mol. The normalized spacial score (nSPS) is 18.2. The van der Waals surface area contributed by atoms with Crippen LogP contribution in [0.3, 0.4) is 0 Å². The van der Waals surface area contributed by atoms with E-state index in [1.54, 1.807) is 28.8 Å². The van der Waals surface area contributed by atoms with Gasteiger partial charge >= 0.3 is 0 Å². The Morgan fingerprint density at radius 3 is 2.25 bits per heavy atom. The zero-order chi connectivity index (χ0) is 26.5. The lowest BCUT2D eigenvalue weighted by Crippen LogP contribution is -2.60. The van der Waals surface area contributed by atoms with Crippen LogP contribution in [0.1, 0.15) is 65.9 Å². The van der Waals surface area contributed by atoms with Gasteiger partial charge in [0.25, 0.3) is 0 Å². The molecule has 0 bridgehead atoms. The number of hydrogen-bond acceptors (Lipinski definition) is 7. The number of sulfonamides is 1. The molecule has 1 aliphatic heterocycles. The van der Waals surface area contributed by atoms with E-state index in [4.69, 9.17) is 4.98 Å². The van der Waals surface area contributed by atoms with E-state index in [9.17, 15) is 8.42 Å². The monoisotopic (exact) mass is 513 g/mol. The van der Waals surface area contributed by atoms with Crippen LogP contribution in [-0.2, 0) is 10.0 Å². The van der Waals surface area contributed by atoms with Crippen molar-refractivity contribution in [2.24, 2.45) is 0 Å². The smallest absolute Gasteiger partial charge is 0.242 e. The predicted molar refractivity (Wildman–Crippen MR) is 146 cm³/mol. The highest BCUT2D eigenvalue weighted by Gasteiger charge is 2.37. The van der Waals surface area contributed by atoms with Crippen molar-refractivity contribution >= 4 is 33.0 Å². The highest BCUT2D eigenvalue weighted by atomic mass is 32.2. The fourth-order valence-electron chi connectivity index (χ4n) is 5.25. The van der Waals surface area contributed by atoms with E-state index in [-0.39, 0.29) is 27.9 Å². The summed E-state index contributed by atoms with van der Waals surface area (Å²) in [4.78, 5) is 5.21. The van der Waals surface area contributed by atoms with Gasteiger partial charge in [0.05, 0.1) is 11.1 Å². The minimum Gasteiger partial charge on any atom is -0.367 e. The van der Waals surface area contributed by atoms with Gasteiger partial charge in [-0.2, -0.15) is 9.61 Å². The molecule has 0 spiro atoms. The fourth-order valence-corrected chi connectivity index (χ4v) is 6.15. The molecule has 0 aliphatic carbocycles. The molecule has 0 radical (unpaired) electrons. The third-order valence-corrected chi connectivity index (χ3v) is 8.40. The SMILES string of the molecule is CC(C)c1cnn2c(Nc3ccc(S(=O)(=O)N(C)C)cc3)cc(NC3CC(C)(C)NC(C)(C)C3)nc12. The van der Waals surface area contributed by atoms with Gasteiger partial charge in [-0.05, 0) is 70.7 Å². The van der Waals surface area contributed by atoms with Crippen LogP contribution in [-0.4, -0.2) is 58.5 Å². The predicted octanol–water partition coefficient (Wildman–Crippen LogP) is 4.57. The second-order valence-electron chi connectivity index (χ2n) is 11.6. The van der Waals surface area contributed by atoms with E-state index < -0.39 is 10.0 Å². The summed E-state index contributed by atoms with van der Waals surface area (Å²) in [5.74, 6) is 1.81. The molecule has 3 N–H and O–H groups in total. The molecule has 0 atom stereocenters. The Morgan fingerprint density at radius 1 is 1.08 bits per heavy atom. The van der Waals surface area contributed by atoms with E-state index in [1.165, 1.54) is 18.4 Å². The Kier molecular flexibility index (Phi) is 6.83. The average Bonchev–Trinajstić information content (AvgIpc) is 3.16. The van der Waals surface area contributed by atoms with Gasteiger partial charge in [-0.25, -0.2) is 17.7 Å². The number of nitrogens with one attached hydrogen (secondary N) is 3. The molecule has 10 heteroatoms. The molecular formula is C26H39N7O2S. The van der Waals surface area contributed by atoms with Gasteiger partial charge in [0.2, 0.25) is 10.0 Å². The second-order valence-corrected chi connectivity index (χ2v) is 13.7. The number of fused-ring (bicyclic) bond motifs is 1. The Balaban J connectivity index is 1.69. The summed E-state index contributed by atoms with van der Waals surface area (Å²) in [6.45, 7) is 13.2. The van der Waals surface area contributed by atoms with Crippen LogP contribution in [0.2, 0.25) is 0 Å². The molecule has 9 nitrogen and oxygen atoms in total. The van der Waals surface area contributed by atoms with Gasteiger partial charge in [-0.3, -0.25) is 0 Å². The van der Waals surface area contributed by atoms with Crippen LogP contribution in [0, 0.1) is 0 Å². The quantitative estimate of drug-likeness (QED) is 0.425. The maximum Gasteiger partial charge on any atom is 0.242 e. The summed E-state index contributed by atoms with van der Waals surface area (Å²) in [5, 5.41) is 15.4. The maximum absolute atomic E-state index is 12.4. The first-order valence-corrected chi connectivity index (χ1v) is 13.9. The van der Waals surface area contributed by atoms with E-state index in [0.29, 0.717) is 0 Å². The van der Waals surface area contributed by atoms with Crippen LogP contribution >= 0.6 is 0 Å². The Morgan fingerprint density at radius 2 is 1.69 bits per heavy atom. The number of piperidine rings is 1. The fraction of sp³-hybridized carbons (Fsp3) is 0.538. The van der Waals surface area contributed by atoms with Crippen molar-refractivity contribution < 1.29 is 8.42 Å². The Hall–Kier alpha value is -2.69. The lowest BCUT2D eigenvalue weighted by molar-refractivity contribution is 0.170. The molecule has 0 amide bonds. The zero-order valence-electron chi connectivity index (χ0n) is 22.5. The summed E-state index contributed by atoms with van der Waals surface area (Å²) in [5.41, 5.74) is 2.66. The Labute approximate surface area is 214 Å². The zero-order valence-corrected chi connectivity index (χ0v) is 23.4. The first kappa shape index (κ1) is 26.4. The maximum atomic E-state index is 12.4. The van der Waals surface area contributed by atoms with Crippen molar-refractivity contribution in [3.05, 3.63) is 42.1 Å². The standard InChI is InChI=1S/C26H39N7O2S/c1-17(2)21-16-27-33-23(29-18-9-11-20(12-10-18)36(34,35)32(7)8)13-22(30-24(21)33)28-19-14-25(3,4)31-26(5,6)15-19/h9-13,16-17,19,29,31H,14-15H2,1-8H3,(H,28,30). The van der Waals surface area contributed by atoms with Crippen molar-refractivity contribution in [1.29, 1.82) is 0 Å². The van der Waals surface area contributed by atoms with Gasteiger partial charge in [-0.15, -0.1) is 0 Å². The number of anilines is 3. The first-order chi connectivity index (χ1) is 16.7. The number of benzene rings is 1. The molecule has 196 valence electrons. The number of hydrogen-bond donors (Lipinski definition) is 3. The molecule has 1 fully saturated rings. The van der Waals surface area contributed by atoms with E-state index >= 15 is 0 Å². The Bertz CT molecular complexity index is 1330. The third kappa shape index (κ3) is 5.50. The van der Waals surface area contributed by atoms with Crippen molar-refractivity contribution in [2.45, 2.75) is 82.3 Å². The third-order valence-electron chi connectivity index (χ3n) is 6.57. The van der Waals surface area contributed by atoms with Crippen molar-refractivity contribution in [2.75, 3.05) is 24.7 Å². The van der Waals surface area contributed by atoms with Crippen molar-refractivity contribution in [1.82, 2.24) is 24.2 Å². The highest BCUT2D eigenvalue weighted by Crippen LogP contribution is 2.32. The molecule has 0 unspecified atom stereocenters. The summed E-state index contributed by atoms with van der Waals surface area (Å²) in [6.07, 6.45) is 3.82. The summed E-state index contributed by atoms with van der Waals surface area (Å²) >= 11 is 0. The van der Waals surface area contributed by atoms with Crippen LogP contribution < -0.4 is 16.0 Å². The summed E-state index contributed by atoms with van der Waals surface area (Å²) in [6, 6.07) is 8.98. The molecule has 3 aromatic rings. The lowest BCUT2D eigenvalue weighted by atomic mass is 9.79. The van der Waals surface area contributed by atoms with Gasteiger partial charge in [0.1, 0.15) is 11.6 Å². The number of rotatable bonds is 7. The van der Waals surface area contributed by atoms with Gasteiger partial charge < -0.3 is 16.0 Å². The molecule has 0 saturated carbocycles. The summed E-state index contributed by atoms with van der Waals surface area (Å²) in [7, 11) is -0.434. The van der Waals surface area contributed by atoms with E-state index in [0.717, 1.165) is 41.4 Å². The van der Waals surface area contributed by atoms with E-state index in [2.05, 4.69) is 62.6 Å². The van der Waals surface area contributed by atoms with E-state index in [1.807, 2.05) is 12.3 Å². The van der Waals surface area contributed by atoms with Crippen LogP contribution in [0.15, 0.2) is 41.4 Å². The largest absolute Gasteiger partial charge is 0.367 e. The topological polar surface area (TPSA) is 104 Å². The molecule has 3 heterocycles. The average molecular weight is 514 g/mol. The first-order valence-electron chi connectivity index (χ1n) is 12.4.